The molecule has 0 unspecified atom stereocenters. The van der Waals surface area contributed by atoms with Gasteiger partial charge in [0.05, 0.1) is 24.6 Å². The van der Waals surface area contributed by atoms with Crippen molar-refractivity contribution in [2.24, 2.45) is 0 Å². The van der Waals surface area contributed by atoms with Crippen molar-refractivity contribution in [3.63, 3.8) is 0 Å². The minimum Gasteiger partial charge on any atom is -0.375 e. The Bertz CT molecular complexity index is 1070. The Balaban J connectivity index is 1.51. The summed E-state index contributed by atoms with van der Waals surface area (Å²) in [5.41, 5.74) is 4.12. The third-order valence-electron chi connectivity index (χ3n) is 4.93. The van der Waals surface area contributed by atoms with Crippen LogP contribution in [0.15, 0.2) is 55.1 Å². The minimum absolute atomic E-state index is 0.248. The van der Waals surface area contributed by atoms with Crippen LogP contribution in [0.5, 0.6) is 0 Å². The third-order valence-corrected chi connectivity index (χ3v) is 4.93. The second kappa shape index (κ2) is 6.51. The van der Waals surface area contributed by atoms with Crippen molar-refractivity contribution in [2.75, 3.05) is 24.6 Å². The van der Waals surface area contributed by atoms with Crippen LogP contribution >= 0.6 is 0 Å². The lowest BCUT2D eigenvalue weighted by Crippen LogP contribution is -2.41. The topological polar surface area (TPSA) is 71.9 Å². The first-order chi connectivity index (χ1) is 13.3. The number of rotatable bonds is 3. The van der Waals surface area contributed by atoms with Crippen LogP contribution in [-0.4, -0.2) is 50.5 Å². The normalized spacial score (nSPS) is 17.5. The van der Waals surface area contributed by atoms with Gasteiger partial charge in [0.25, 0.3) is 0 Å². The fraction of sp³-hybridized carbons (Fsp3) is 0.250. The third kappa shape index (κ3) is 2.96. The highest BCUT2D eigenvalue weighted by Crippen LogP contribution is 2.26. The van der Waals surface area contributed by atoms with Gasteiger partial charge in [-0.2, -0.15) is 0 Å². The van der Waals surface area contributed by atoms with Gasteiger partial charge in [0.2, 0.25) is 0 Å². The average molecular weight is 360 g/mol. The zero-order chi connectivity index (χ0) is 18.2. The fourth-order valence-corrected chi connectivity index (χ4v) is 3.60. The smallest absolute Gasteiger partial charge is 0.161 e. The van der Waals surface area contributed by atoms with Gasteiger partial charge in [0, 0.05) is 35.9 Å². The predicted octanol–water partition coefficient (Wildman–Crippen LogP) is 3.04. The van der Waals surface area contributed by atoms with Crippen molar-refractivity contribution in [2.45, 2.75) is 13.0 Å². The molecule has 3 aromatic heterocycles. The summed E-state index contributed by atoms with van der Waals surface area (Å²) in [6, 6.07) is 12.5. The second-order valence-corrected chi connectivity index (χ2v) is 6.81. The SMILES string of the molecule is C[C@@H]1CN(c2cnc3c(ccn3-c3cccc(-c4nnc[nH]4)c3)c2)CCO1. The van der Waals surface area contributed by atoms with Crippen molar-refractivity contribution < 1.29 is 4.74 Å². The van der Waals surface area contributed by atoms with Gasteiger partial charge in [-0.15, -0.1) is 10.2 Å². The molecule has 5 rings (SSSR count). The first kappa shape index (κ1) is 16.0. The highest BCUT2D eigenvalue weighted by atomic mass is 16.5. The monoisotopic (exact) mass is 360 g/mol. The number of hydrogen-bond acceptors (Lipinski definition) is 5. The summed E-state index contributed by atoms with van der Waals surface area (Å²) < 4.78 is 7.74. The highest BCUT2D eigenvalue weighted by molar-refractivity contribution is 5.82. The molecule has 136 valence electrons. The Morgan fingerprint density at radius 3 is 3.00 bits per heavy atom. The number of fused-ring (bicyclic) bond motifs is 1. The molecule has 0 saturated carbocycles. The molecule has 1 N–H and O–H groups in total. The largest absolute Gasteiger partial charge is 0.375 e. The van der Waals surface area contributed by atoms with E-state index in [0.29, 0.717) is 0 Å². The number of pyridine rings is 1. The van der Waals surface area contributed by atoms with Crippen LogP contribution in [0.3, 0.4) is 0 Å². The molecule has 1 aromatic carbocycles. The quantitative estimate of drug-likeness (QED) is 0.608. The van der Waals surface area contributed by atoms with Gasteiger partial charge in [0.1, 0.15) is 12.0 Å². The number of aromatic nitrogens is 5. The summed E-state index contributed by atoms with van der Waals surface area (Å²) in [5.74, 6) is 0.755. The van der Waals surface area contributed by atoms with E-state index in [1.165, 1.54) is 0 Å². The van der Waals surface area contributed by atoms with Crippen LogP contribution in [0.1, 0.15) is 6.92 Å². The van der Waals surface area contributed by atoms with Crippen LogP contribution in [0.2, 0.25) is 0 Å². The summed E-state index contributed by atoms with van der Waals surface area (Å²) in [6.07, 6.45) is 5.85. The van der Waals surface area contributed by atoms with Gasteiger partial charge in [-0.1, -0.05) is 12.1 Å². The minimum atomic E-state index is 0.248. The van der Waals surface area contributed by atoms with Gasteiger partial charge in [0.15, 0.2) is 5.82 Å². The number of H-pyrrole nitrogens is 1. The van der Waals surface area contributed by atoms with E-state index >= 15 is 0 Å². The Morgan fingerprint density at radius 2 is 2.15 bits per heavy atom. The van der Waals surface area contributed by atoms with E-state index in [9.17, 15) is 0 Å². The summed E-state index contributed by atoms with van der Waals surface area (Å²) in [4.78, 5) is 10.1. The lowest BCUT2D eigenvalue weighted by atomic mass is 10.2. The summed E-state index contributed by atoms with van der Waals surface area (Å²) in [6.45, 7) is 4.66. The molecule has 7 heteroatoms. The van der Waals surface area contributed by atoms with Crippen molar-refractivity contribution in [1.29, 1.82) is 0 Å². The molecule has 7 nitrogen and oxygen atoms in total. The van der Waals surface area contributed by atoms with E-state index in [1.54, 1.807) is 6.33 Å². The van der Waals surface area contributed by atoms with Crippen LogP contribution in [0.25, 0.3) is 28.1 Å². The number of ether oxygens (including phenoxy) is 1. The molecule has 1 aliphatic heterocycles. The number of morpholine rings is 1. The molecular weight excluding hydrogens is 340 g/mol. The molecule has 0 aliphatic carbocycles. The number of anilines is 1. The molecule has 4 aromatic rings. The Labute approximate surface area is 156 Å². The molecule has 0 bridgehead atoms. The molecule has 0 radical (unpaired) electrons. The van der Waals surface area contributed by atoms with Gasteiger partial charge in [-0.25, -0.2) is 4.98 Å². The van der Waals surface area contributed by atoms with E-state index in [-0.39, 0.29) is 6.10 Å². The first-order valence-corrected chi connectivity index (χ1v) is 9.08. The van der Waals surface area contributed by atoms with Crippen molar-refractivity contribution in [3.8, 4) is 17.1 Å². The standard InChI is InChI=1S/C20H20N6O/c1-14-12-25(7-8-27-14)18-10-16-5-6-26(20(16)21-11-18)17-4-2-3-15(9-17)19-22-13-23-24-19/h2-6,9-11,13-14H,7-8,12H2,1H3,(H,22,23,24)/t14-/m1/s1. The fourth-order valence-electron chi connectivity index (χ4n) is 3.60. The highest BCUT2D eigenvalue weighted by Gasteiger charge is 2.18. The molecule has 0 amide bonds. The lowest BCUT2D eigenvalue weighted by Gasteiger charge is -2.32. The zero-order valence-corrected chi connectivity index (χ0v) is 15.0. The van der Waals surface area contributed by atoms with Crippen LogP contribution < -0.4 is 4.90 Å². The molecule has 27 heavy (non-hydrogen) atoms. The number of hydrogen-bond donors (Lipinski definition) is 1. The maximum atomic E-state index is 5.64. The maximum absolute atomic E-state index is 5.64. The first-order valence-electron chi connectivity index (χ1n) is 9.08. The zero-order valence-electron chi connectivity index (χ0n) is 15.0. The Hall–Kier alpha value is -3.19. The Kier molecular flexibility index (Phi) is 3.86. The molecule has 1 saturated heterocycles. The second-order valence-electron chi connectivity index (χ2n) is 6.81. The van der Waals surface area contributed by atoms with E-state index in [2.05, 4.69) is 62.0 Å². The van der Waals surface area contributed by atoms with Crippen molar-refractivity contribution in [1.82, 2.24) is 24.7 Å². The number of benzene rings is 1. The summed E-state index contributed by atoms with van der Waals surface area (Å²) >= 11 is 0. The van der Waals surface area contributed by atoms with E-state index in [4.69, 9.17) is 9.72 Å². The van der Waals surface area contributed by atoms with Gasteiger partial charge < -0.3 is 19.2 Å². The molecule has 4 heterocycles. The molecular formula is C20H20N6O. The summed E-state index contributed by atoms with van der Waals surface area (Å²) in [7, 11) is 0. The van der Waals surface area contributed by atoms with Crippen LogP contribution in [0.4, 0.5) is 5.69 Å². The van der Waals surface area contributed by atoms with Gasteiger partial charge in [-0.05, 0) is 31.2 Å². The van der Waals surface area contributed by atoms with E-state index < -0.39 is 0 Å². The van der Waals surface area contributed by atoms with Crippen molar-refractivity contribution in [3.05, 3.63) is 55.1 Å². The van der Waals surface area contributed by atoms with Crippen molar-refractivity contribution >= 4 is 16.7 Å². The molecule has 1 atom stereocenters. The molecule has 0 spiro atoms. The average Bonchev–Trinajstić information content (AvgIpc) is 3.38. The predicted molar refractivity (Wildman–Crippen MR) is 104 cm³/mol. The number of nitrogens with one attached hydrogen (secondary N) is 1. The van der Waals surface area contributed by atoms with Crippen LogP contribution in [0, 0.1) is 0 Å². The molecule has 1 fully saturated rings. The molecule has 1 aliphatic rings. The lowest BCUT2D eigenvalue weighted by molar-refractivity contribution is 0.0532. The van der Waals surface area contributed by atoms with Gasteiger partial charge >= 0.3 is 0 Å². The van der Waals surface area contributed by atoms with Crippen LogP contribution in [-0.2, 0) is 4.74 Å². The summed E-state index contributed by atoms with van der Waals surface area (Å²) in [5, 5.41) is 9.08. The van der Waals surface area contributed by atoms with E-state index in [1.807, 2.05) is 18.3 Å². The number of aromatic amines is 1. The van der Waals surface area contributed by atoms with E-state index in [0.717, 1.165) is 53.5 Å². The maximum Gasteiger partial charge on any atom is 0.161 e. The number of nitrogens with zero attached hydrogens (tertiary/aromatic N) is 5. The van der Waals surface area contributed by atoms with Gasteiger partial charge in [-0.3, -0.25) is 0 Å². The Morgan fingerprint density at radius 1 is 1.19 bits per heavy atom.